The number of nitrogens with two attached hydrogens (primary N) is 1. The Morgan fingerprint density at radius 2 is 1.83 bits per heavy atom. The number of hydrogen-bond acceptors (Lipinski definition) is 4. The van der Waals surface area contributed by atoms with E-state index in [9.17, 15) is 26.0 Å². The van der Waals surface area contributed by atoms with Gasteiger partial charge in [0.1, 0.15) is 5.82 Å². The first-order valence-electron chi connectivity index (χ1n) is 4.60. The normalized spacial score (nSPS) is 12.7. The minimum absolute atomic E-state index is 0.1000. The lowest BCUT2D eigenvalue weighted by Gasteiger charge is -2.07. The van der Waals surface area contributed by atoms with Crippen molar-refractivity contribution in [2.75, 3.05) is 17.2 Å². The number of halogens is 4. The molecule has 0 fully saturated rings. The van der Waals surface area contributed by atoms with Gasteiger partial charge in [0.25, 0.3) is 0 Å². The highest BCUT2D eigenvalue weighted by Gasteiger charge is 2.29. The van der Waals surface area contributed by atoms with Crippen LogP contribution in [0.25, 0.3) is 0 Å². The Kier molecular flexibility index (Phi) is 4.49. The SMILES string of the molecule is Nc1cc(F)cc(S(=O)(=O)CCSC(F)(F)F)c1. The summed E-state index contributed by atoms with van der Waals surface area (Å²) in [6.45, 7) is 0. The van der Waals surface area contributed by atoms with E-state index in [0.29, 0.717) is 0 Å². The fourth-order valence-corrected chi connectivity index (χ4v) is 3.43. The van der Waals surface area contributed by atoms with Gasteiger partial charge in [-0.3, -0.25) is 0 Å². The van der Waals surface area contributed by atoms with Gasteiger partial charge in [-0.1, -0.05) is 0 Å². The van der Waals surface area contributed by atoms with Crippen LogP contribution in [0.3, 0.4) is 0 Å². The number of sulfone groups is 1. The van der Waals surface area contributed by atoms with E-state index in [1.54, 1.807) is 0 Å². The zero-order chi connectivity index (χ0) is 14.0. The molecule has 0 aliphatic heterocycles. The summed E-state index contributed by atoms with van der Waals surface area (Å²) >= 11 is -0.441. The van der Waals surface area contributed by atoms with Crippen LogP contribution in [-0.2, 0) is 9.84 Å². The summed E-state index contributed by atoms with van der Waals surface area (Å²) in [4.78, 5) is -0.414. The predicted molar refractivity (Wildman–Crippen MR) is 61.4 cm³/mol. The van der Waals surface area contributed by atoms with E-state index >= 15 is 0 Å². The van der Waals surface area contributed by atoms with Gasteiger partial charge < -0.3 is 5.73 Å². The van der Waals surface area contributed by atoms with Crippen LogP contribution in [-0.4, -0.2) is 25.4 Å². The highest BCUT2D eigenvalue weighted by molar-refractivity contribution is 8.01. The summed E-state index contributed by atoms with van der Waals surface area (Å²) in [5.74, 6) is -2.24. The van der Waals surface area contributed by atoms with Gasteiger partial charge in [0.05, 0.1) is 10.6 Å². The number of alkyl halides is 3. The van der Waals surface area contributed by atoms with Crippen LogP contribution in [0.5, 0.6) is 0 Å². The number of nitrogen functional groups attached to an aromatic ring is 1. The molecule has 0 aliphatic carbocycles. The molecule has 1 rings (SSSR count). The van der Waals surface area contributed by atoms with E-state index in [1.165, 1.54) is 0 Å². The first-order chi connectivity index (χ1) is 8.10. The molecule has 0 saturated carbocycles. The number of rotatable bonds is 4. The molecular formula is C9H9F4NO2S2. The average Bonchev–Trinajstić information content (AvgIpc) is 2.13. The molecule has 0 radical (unpaired) electrons. The zero-order valence-electron chi connectivity index (χ0n) is 8.87. The molecule has 18 heavy (non-hydrogen) atoms. The molecule has 0 amide bonds. The number of anilines is 1. The standard InChI is InChI=1S/C9H9F4NO2S2/c10-6-3-7(14)5-8(4-6)18(15,16)2-1-17-9(11,12)13/h3-5H,1-2,14H2. The van der Waals surface area contributed by atoms with Crippen molar-refractivity contribution < 1.29 is 26.0 Å². The largest absolute Gasteiger partial charge is 0.441 e. The van der Waals surface area contributed by atoms with E-state index in [4.69, 9.17) is 5.73 Å². The molecule has 0 heterocycles. The van der Waals surface area contributed by atoms with Crippen molar-refractivity contribution in [2.24, 2.45) is 0 Å². The molecule has 1 aromatic carbocycles. The molecule has 2 N–H and O–H groups in total. The van der Waals surface area contributed by atoms with E-state index in [1.807, 2.05) is 0 Å². The monoisotopic (exact) mass is 303 g/mol. The third-order valence-electron chi connectivity index (χ3n) is 1.87. The van der Waals surface area contributed by atoms with Gasteiger partial charge in [-0.15, -0.1) is 0 Å². The van der Waals surface area contributed by atoms with Crippen LogP contribution in [0.15, 0.2) is 23.1 Å². The van der Waals surface area contributed by atoms with Crippen LogP contribution < -0.4 is 5.73 Å². The zero-order valence-corrected chi connectivity index (χ0v) is 10.5. The van der Waals surface area contributed by atoms with Crippen molar-refractivity contribution >= 4 is 27.3 Å². The summed E-state index contributed by atoms with van der Waals surface area (Å²) in [6, 6.07) is 2.66. The predicted octanol–water partition coefficient (Wildman–Crippen LogP) is 2.43. The van der Waals surface area contributed by atoms with Crippen molar-refractivity contribution in [2.45, 2.75) is 10.4 Å². The van der Waals surface area contributed by atoms with E-state index in [-0.39, 0.29) is 5.69 Å². The van der Waals surface area contributed by atoms with Crippen LogP contribution in [0.4, 0.5) is 23.2 Å². The summed E-state index contributed by atoms with van der Waals surface area (Å²) in [6.07, 6.45) is 0. The van der Waals surface area contributed by atoms with Gasteiger partial charge in [0.2, 0.25) is 0 Å². The maximum Gasteiger partial charge on any atom is 0.441 e. The second kappa shape index (κ2) is 5.35. The van der Waals surface area contributed by atoms with Crippen molar-refractivity contribution in [3.05, 3.63) is 24.0 Å². The molecule has 102 valence electrons. The first kappa shape index (κ1) is 15.1. The fraction of sp³-hybridized carbons (Fsp3) is 0.333. The van der Waals surface area contributed by atoms with Gasteiger partial charge in [0, 0.05) is 11.4 Å². The van der Waals surface area contributed by atoms with E-state index < -0.39 is 49.3 Å². The number of benzene rings is 1. The van der Waals surface area contributed by atoms with Crippen molar-refractivity contribution in [1.82, 2.24) is 0 Å². The highest BCUT2D eigenvalue weighted by Crippen LogP contribution is 2.30. The average molecular weight is 303 g/mol. The van der Waals surface area contributed by atoms with Crippen LogP contribution >= 0.6 is 11.8 Å². The Bertz CT molecular complexity index is 508. The van der Waals surface area contributed by atoms with Crippen molar-refractivity contribution in [3.63, 3.8) is 0 Å². The molecule has 0 spiro atoms. The summed E-state index contributed by atoms with van der Waals surface area (Å²) in [5, 5.41) is 0. The Labute approximate surface area is 105 Å². The van der Waals surface area contributed by atoms with Gasteiger partial charge in [-0.2, -0.15) is 13.2 Å². The van der Waals surface area contributed by atoms with Crippen LogP contribution in [0.1, 0.15) is 0 Å². The molecule has 9 heteroatoms. The lowest BCUT2D eigenvalue weighted by Crippen LogP contribution is -2.12. The van der Waals surface area contributed by atoms with E-state index in [2.05, 4.69) is 0 Å². The quantitative estimate of drug-likeness (QED) is 0.685. The topological polar surface area (TPSA) is 60.2 Å². The van der Waals surface area contributed by atoms with Gasteiger partial charge in [0.15, 0.2) is 9.84 Å². The first-order valence-corrected chi connectivity index (χ1v) is 7.23. The van der Waals surface area contributed by atoms with Gasteiger partial charge in [-0.05, 0) is 30.0 Å². The molecule has 0 aromatic heterocycles. The smallest absolute Gasteiger partial charge is 0.399 e. The summed E-state index contributed by atoms with van der Waals surface area (Å²) < 4.78 is 71.7. The number of thioether (sulfide) groups is 1. The molecule has 0 unspecified atom stereocenters. The summed E-state index contributed by atoms with van der Waals surface area (Å²) in [7, 11) is -3.97. The molecule has 0 bridgehead atoms. The Morgan fingerprint density at radius 1 is 1.22 bits per heavy atom. The molecule has 3 nitrogen and oxygen atoms in total. The number of hydrogen-bond donors (Lipinski definition) is 1. The van der Waals surface area contributed by atoms with E-state index in [0.717, 1.165) is 18.2 Å². The Balaban J connectivity index is 2.80. The highest BCUT2D eigenvalue weighted by atomic mass is 32.2. The maximum atomic E-state index is 12.9. The van der Waals surface area contributed by atoms with Crippen molar-refractivity contribution in [3.8, 4) is 0 Å². The molecule has 0 aliphatic rings. The summed E-state index contributed by atoms with van der Waals surface area (Å²) in [5.41, 5.74) is 0.675. The molecule has 0 saturated heterocycles. The Hall–Kier alpha value is -0.960. The second-order valence-electron chi connectivity index (χ2n) is 3.33. The Morgan fingerprint density at radius 3 is 2.33 bits per heavy atom. The van der Waals surface area contributed by atoms with Crippen LogP contribution in [0.2, 0.25) is 0 Å². The maximum absolute atomic E-state index is 12.9. The van der Waals surface area contributed by atoms with Crippen molar-refractivity contribution in [1.29, 1.82) is 0 Å². The molecule has 0 atom stereocenters. The third kappa shape index (κ3) is 4.73. The minimum atomic E-state index is -4.49. The second-order valence-corrected chi connectivity index (χ2v) is 6.60. The molecule has 1 aromatic rings. The minimum Gasteiger partial charge on any atom is -0.399 e. The van der Waals surface area contributed by atoms with Crippen LogP contribution in [0, 0.1) is 5.82 Å². The molecular weight excluding hydrogens is 294 g/mol. The lowest BCUT2D eigenvalue weighted by atomic mass is 10.3. The third-order valence-corrected chi connectivity index (χ3v) is 4.56. The lowest BCUT2D eigenvalue weighted by molar-refractivity contribution is -0.0326. The van der Waals surface area contributed by atoms with Gasteiger partial charge in [-0.25, -0.2) is 12.8 Å². The van der Waals surface area contributed by atoms with Gasteiger partial charge >= 0.3 is 5.51 Å². The fourth-order valence-electron chi connectivity index (χ4n) is 1.15.